The topological polar surface area (TPSA) is 103 Å². The van der Waals surface area contributed by atoms with Gasteiger partial charge in [-0.3, -0.25) is 19.8 Å². The summed E-state index contributed by atoms with van der Waals surface area (Å²) >= 11 is 1.44. The van der Waals surface area contributed by atoms with Crippen molar-refractivity contribution in [1.29, 1.82) is 0 Å². The number of hydrogen-bond acceptors (Lipinski definition) is 7. The zero-order valence-electron chi connectivity index (χ0n) is 18.1. The average molecular weight is 466 g/mol. The summed E-state index contributed by atoms with van der Waals surface area (Å²) in [5.41, 5.74) is 1.45. The van der Waals surface area contributed by atoms with Gasteiger partial charge >= 0.3 is 0 Å². The summed E-state index contributed by atoms with van der Waals surface area (Å²) < 4.78 is 8.61. The van der Waals surface area contributed by atoms with Crippen LogP contribution in [0.4, 0.5) is 10.8 Å². The van der Waals surface area contributed by atoms with Crippen molar-refractivity contribution in [2.45, 2.75) is 26.3 Å². The Morgan fingerprint density at radius 1 is 1.24 bits per heavy atom. The van der Waals surface area contributed by atoms with E-state index in [0.29, 0.717) is 29.6 Å². The average Bonchev–Trinajstić information content (AvgIpc) is 3.47. The number of ether oxygens (including phenoxy) is 1. The van der Waals surface area contributed by atoms with Crippen molar-refractivity contribution in [2.75, 3.05) is 18.1 Å². The van der Waals surface area contributed by atoms with Crippen LogP contribution in [0.3, 0.4) is 0 Å². The van der Waals surface area contributed by atoms with E-state index in [0.717, 1.165) is 23.2 Å². The number of carbonyl (C=O) groups is 1. The largest absolute Gasteiger partial charge is 0.492 e. The Bertz CT molecular complexity index is 1240. The lowest BCUT2D eigenvalue weighted by Gasteiger charge is -2.20. The first-order chi connectivity index (χ1) is 16.0. The number of carbonyl (C=O) groups excluding carboxylic acids is 1. The second kappa shape index (κ2) is 10.2. The Morgan fingerprint density at radius 3 is 2.76 bits per heavy atom. The molecule has 33 heavy (non-hydrogen) atoms. The summed E-state index contributed by atoms with van der Waals surface area (Å²) in [6.07, 6.45) is 6.19. The van der Waals surface area contributed by atoms with Crippen molar-refractivity contribution in [3.63, 3.8) is 0 Å². The Labute approximate surface area is 194 Å². The second-order valence-electron chi connectivity index (χ2n) is 7.33. The van der Waals surface area contributed by atoms with Gasteiger partial charge in [0.05, 0.1) is 29.0 Å². The van der Waals surface area contributed by atoms with Gasteiger partial charge in [-0.15, -0.1) is 0 Å². The number of para-hydroxylation sites is 1. The Kier molecular flexibility index (Phi) is 6.94. The van der Waals surface area contributed by atoms with E-state index in [-0.39, 0.29) is 18.0 Å². The van der Waals surface area contributed by atoms with Crippen LogP contribution in [0.2, 0.25) is 0 Å². The molecule has 10 heteroatoms. The maximum Gasteiger partial charge on any atom is 0.269 e. The Balaban J connectivity index is 1.58. The predicted molar refractivity (Wildman–Crippen MR) is 127 cm³/mol. The number of aryl methyl sites for hydroxylation is 1. The smallest absolute Gasteiger partial charge is 0.269 e. The molecule has 2 aromatic carbocycles. The highest BCUT2D eigenvalue weighted by Crippen LogP contribution is 2.34. The highest BCUT2D eigenvalue weighted by atomic mass is 32.1. The molecule has 0 N–H and O–H groups in total. The maximum atomic E-state index is 13.3. The number of hydrogen-bond donors (Lipinski definition) is 0. The molecule has 0 bridgehead atoms. The standard InChI is InChI=1S/C23H23N5O4S/c1-2-32-19-5-3-6-20-22(19)25-23(33-20)27(13-4-12-26-14-11-24-16-26)21(29)15-17-7-9-18(10-8-17)28(30)31/h3,5-11,14,16H,2,4,12-13,15H2,1H3. The van der Waals surface area contributed by atoms with E-state index in [1.54, 1.807) is 29.6 Å². The fraction of sp³-hybridized carbons (Fsp3) is 0.261. The molecule has 4 rings (SSSR count). The van der Waals surface area contributed by atoms with E-state index in [1.807, 2.05) is 35.9 Å². The van der Waals surface area contributed by atoms with Gasteiger partial charge in [0.15, 0.2) is 5.13 Å². The molecular formula is C23H23N5O4S. The fourth-order valence-electron chi connectivity index (χ4n) is 3.46. The molecule has 0 spiro atoms. The number of anilines is 1. The normalized spacial score (nSPS) is 10.9. The van der Waals surface area contributed by atoms with Crippen LogP contribution in [0.15, 0.2) is 61.2 Å². The monoisotopic (exact) mass is 465 g/mol. The molecule has 1 amide bonds. The van der Waals surface area contributed by atoms with Gasteiger partial charge < -0.3 is 9.30 Å². The fourth-order valence-corrected chi connectivity index (χ4v) is 4.49. The minimum atomic E-state index is -0.453. The van der Waals surface area contributed by atoms with E-state index in [2.05, 4.69) is 4.98 Å². The van der Waals surface area contributed by atoms with Gasteiger partial charge in [0.1, 0.15) is 11.3 Å². The highest BCUT2D eigenvalue weighted by molar-refractivity contribution is 7.22. The zero-order chi connectivity index (χ0) is 23.2. The summed E-state index contributed by atoms with van der Waals surface area (Å²) in [7, 11) is 0. The molecule has 0 aliphatic rings. The van der Waals surface area contributed by atoms with Crippen molar-refractivity contribution in [2.24, 2.45) is 0 Å². The summed E-state index contributed by atoms with van der Waals surface area (Å²) in [5, 5.41) is 11.5. The van der Waals surface area contributed by atoms with Crippen molar-refractivity contribution in [1.82, 2.24) is 14.5 Å². The second-order valence-corrected chi connectivity index (χ2v) is 8.34. The van der Waals surface area contributed by atoms with E-state index in [9.17, 15) is 14.9 Å². The molecule has 0 saturated heterocycles. The van der Waals surface area contributed by atoms with Crippen molar-refractivity contribution in [3.05, 3.63) is 76.9 Å². The maximum absolute atomic E-state index is 13.3. The molecule has 0 unspecified atom stereocenters. The van der Waals surface area contributed by atoms with Crippen molar-refractivity contribution < 1.29 is 14.5 Å². The third-order valence-electron chi connectivity index (χ3n) is 5.06. The number of thiazole rings is 1. The SMILES string of the molecule is CCOc1cccc2sc(N(CCCn3ccnc3)C(=O)Cc3ccc([N+](=O)[O-])cc3)nc12. The third kappa shape index (κ3) is 5.35. The van der Waals surface area contributed by atoms with Crippen LogP contribution in [0, 0.1) is 10.1 Å². The van der Waals surface area contributed by atoms with Crippen LogP contribution >= 0.6 is 11.3 Å². The van der Waals surface area contributed by atoms with E-state index < -0.39 is 4.92 Å². The minimum Gasteiger partial charge on any atom is -0.492 e. The van der Waals surface area contributed by atoms with Crippen molar-refractivity contribution in [3.8, 4) is 5.75 Å². The molecule has 0 aliphatic carbocycles. The molecule has 9 nitrogen and oxygen atoms in total. The van der Waals surface area contributed by atoms with Gasteiger partial charge in [-0.25, -0.2) is 9.97 Å². The van der Waals surface area contributed by atoms with Crippen LogP contribution < -0.4 is 9.64 Å². The number of rotatable bonds is 10. The molecule has 0 radical (unpaired) electrons. The van der Waals surface area contributed by atoms with Crippen LogP contribution in [0.25, 0.3) is 10.2 Å². The first-order valence-electron chi connectivity index (χ1n) is 10.6. The van der Waals surface area contributed by atoms with Gasteiger partial charge in [0.25, 0.3) is 5.69 Å². The number of nitro groups is 1. The van der Waals surface area contributed by atoms with Gasteiger partial charge in [-0.05, 0) is 31.0 Å². The number of aromatic nitrogens is 3. The minimum absolute atomic E-state index is 0.00184. The summed E-state index contributed by atoms with van der Waals surface area (Å²) in [4.78, 5) is 34.3. The quantitative estimate of drug-likeness (QED) is 0.253. The molecule has 0 aliphatic heterocycles. The number of nitro benzene ring substituents is 1. The van der Waals surface area contributed by atoms with Crippen LogP contribution in [0.1, 0.15) is 18.9 Å². The molecule has 4 aromatic rings. The number of amides is 1. The van der Waals surface area contributed by atoms with Gasteiger partial charge in [0, 0.05) is 37.6 Å². The lowest BCUT2D eigenvalue weighted by atomic mass is 10.1. The first-order valence-corrected chi connectivity index (χ1v) is 11.4. The van der Waals surface area contributed by atoms with E-state index >= 15 is 0 Å². The number of imidazole rings is 1. The molecule has 170 valence electrons. The lowest BCUT2D eigenvalue weighted by molar-refractivity contribution is -0.384. The van der Waals surface area contributed by atoms with Crippen LogP contribution in [-0.2, 0) is 17.8 Å². The molecule has 2 heterocycles. The number of fused-ring (bicyclic) bond motifs is 1. The van der Waals surface area contributed by atoms with Gasteiger partial charge in [0.2, 0.25) is 5.91 Å². The van der Waals surface area contributed by atoms with Gasteiger partial charge in [-0.1, -0.05) is 29.5 Å². The lowest BCUT2D eigenvalue weighted by Crippen LogP contribution is -2.33. The highest BCUT2D eigenvalue weighted by Gasteiger charge is 2.21. The third-order valence-corrected chi connectivity index (χ3v) is 6.11. The summed E-state index contributed by atoms with van der Waals surface area (Å²) in [5.74, 6) is 0.574. The Hall–Kier alpha value is -3.79. The van der Waals surface area contributed by atoms with Crippen molar-refractivity contribution >= 4 is 38.3 Å². The number of nitrogens with zero attached hydrogens (tertiary/aromatic N) is 5. The van der Waals surface area contributed by atoms with E-state index in [1.165, 1.54) is 23.5 Å². The van der Waals surface area contributed by atoms with Gasteiger partial charge in [-0.2, -0.15) is 0 Å². The zero-order valence-corrected chi connectivity index (χ0v) is 18.9. The molecule has 0 atom stereocenters. The number of benzene rings is 2. The molecular weight excluding hydrogens is 442 g/mol. The van der Waals surface area contributed by atoms with Crippen LogP contribution in [0.5, 0.6) is 5.75 Å². The summed E-state index contributed by atoms with van der Waals surface area (Å²) in [6.45, 7) is 3.64. The van der Waals surface area contributed by atoms with Crippen LogP contribution in [-0.4, -0.2) is 38.5 Å². The first kappa shape index (κ1) is 22.4. The predicted octanol–water partition coefficient (Wildman–Crippen LogP) is 4.47. The number of non-ortho nitro benzene ring substituents is 1. The Morgan fingerprint density at radius 2 is 2.06 bits per heavy atom. The summed E-state index contributed by atoms with van der Waals surface area (Å²) in [6, 6.07) is 11.8. The molecule has 0 fully saturated rings. The van der Waals surface area contributed by atoms with E-state index in [4.69, 9.17) is 9.72 Å². The molecule has 0 saturated carbocycles. The molecule has 2 aromatic heterocycles.